The minimum atomic E-state index is -3.71. The van der Waals surface area contributed by atoms with Gasteiger partial charge in [-0.25, -0.2) is 13.4 Å². The zero-order valence-corrected chi connectivity index (χ0v) is 18.5. The van der Waals surface area contributed by atoms with Crippen LogP contribution in [0.25, 0.3) is 11.4 Å². The number of sulfonamides is 1. The second-order valence-corrected chi connectivity index (χ2v) is 9.54. The minimum absolute atomic E-state index is 0.104. The summed E-state index contributed by atoms with van der Waals surface area (Å²) in [5, 5.41) is 10.0. The van der Waals surface area contributed by atoms with E-state index in [1.54, 1.807) is 6.07 Å². The van der Waals surface area contributed by atoms with Crippen LogP contribution in [0.2, 0.25) is 0 Å². The molecule has 0 aliphatic carbocycles. The molecular weight excluding hydrogens is 408 g/mol. The van der Waals surface area contributed by atoms with Crippen LogP contribution in [-0.2, 0) is 10.0 Å². The van der Waals surface area contributed by atoms with Gasteiger partial charge in [-0.05, 0) is 38.1 Å². The van der Waals surface area contributed by atoms with Crippen LogP contribution in [0.4, 0.5) is 0 Å². The number of nitrogens with zero attached hydrogens (tertiary/aromatic N) is 3. The van der Waals surface area contributed by atoms with Gasteiger partial charge >= 0.3 is 0 Å². The normalized spacial score (nSPS) is 16.2. The zero-order chi connectivity index (χ0) is 22.1. The molecule has 0 unspecified atom stereocenters. The zero-order valence-electron chi connectivity index (χ0n) is 17.7. The fourth-order valence-corrected chi connectivity index (χ4v) is 4.78. The van der Waals surface area contributed by atoms with E-state index in [4.69, 9.17) is 4.74 Å². The SMILES string of the molecule is CCOc1ccc(S(=O)(=O)N2CCN(C)CC2)cc1-c1nc(C(C)C)c(O)c(=O)[nH]1. The van der Waals surface area contributed by atoms with Crippen LogP contribution in [0.5, 0.6) is 11.5 Å². The fourth-order valence-electron chi connectivity index (χ4n) is 3.33. The third-order valence-corrected chi connectivity index (χ3v) is 6.97. The number of nitrogens with one attached hydrogen (secondary N) is 1. The van der Waals surface area contributed by atoms with Crippen LogP contribution in [0, 0.1) is 0 Å². The summed E-state index contributed by atoms with van der Waals surface area (Å²) in [6.45, 7) is 7.93. The van der Waals surface area contributed by atoms with E-state index in [-0.39, 0.29) is 22.3 Å². The molecule has 1 aliphatic rings. The first-order chi connectivity index (χ1) is 14.1. The summed E-state index contributed by atoms with van der Waals surface area (Å²) in [6, 6.07) is 4.55. The molecule has 1 saturated heterocycles. The van der Waals surface area contributed by atoms with Gasteiger partial charge < -0.3 is 19.7 Å². The molecule has 2 heterocycles. The Morgan fingerprint density at radius 1 is 1.23 bits per heavy atom. The minimum Gasteiger partial charge on any atom is -0.502 e. The molecule has 9 nitrogen and oxygen atoms in total. The van der Waals surface area contributed by atoms with Gasteiger partial charge in [0.15, 0.2) is 0 Å². The van der Waals surface area contributed by atoms with Gasteiger partial charge in [-0.1, -0.05) is 13.8 Å². The molecule has 1 fully saturated rings. The highest BCUT2D eigenvalue weighted by molar-refractivity contribution is 7.89. The smallest absolute Gasteiger partial charge is 0.293 e. The van der Waals surface area contributed by atoms with Gasteiger partial charge in [0, 0.05) is 26.2 Å². The van der Waals surface area contributed by atoms with E-state index in [1.165, 1.54) is 16.4 Å². The number of aromatic nitrogens is 2. The van der Waals surface area contributed by atoms with Crippen molar-refractivity contribution >= 4 is 10.0 Å². The Balaban J connectivity index is 2.12. The van der Waals surface area contributed by atoms with E-state index in [0.717, 1.165) is 0 Å². The Bertz CT molecular complexity index is 1070. The van der Waals surface area contributed by atoms with Crippen molar-refractivity contribution in [3.63, 3.8) is 0 Å². The average molecular weight is 437 g/mol. The molecule has 1 aromatic heterocycles. The lowest BCUT2D eigenvalue weighted by Crippen LogP contribution is -2.47. The van der Waals surface area contributed by atoms with E-state index in [2.05, 4.69) is 14.9 Å². The number of aromatic hydroxyl groups is 1. The molecule has 0 spiro atoms. The lowest BCUT2D eigenvalue weighted by Gasteiger charge is -2.31. The van der Waals surface area contributed by atoms with Crippen molar-refractivity contribution in [1.82, 2.24) is 19.2 Å². The standard InChI is InChI=1S/C20H28N4O5S/c1-5-29-16-7-6-14(30(27,28)24-10-8-23(4)9-11-24)12-15(16)19-21-17(13(2)3)18(25)20(26)22-19/h6-7,12-13,25H,5,8-11H2,1-4H3,(H,21,22,26). The van der Waals surface area contributed by atoms with Crippen molar-refractivity contribution in [3.05, 3.63) is 34.2 Å². The Hall–Kier alpha value is -2.43. The van der Waals surface area contributed by atoms with Crippen molar-refractivity contribution in [3.8, 4) is 22.9 Å². The molecule has 164 valence electrons. The highest BCUT2D eigenvalue weighted by atomic mass is 32.2. The third kappa shape index (κ3) is 4.35. The predicted molar refractivity (Wildman–Crippen MR) is 113 cm³/mol. The highest BCUT2D eigenvalue weighted by Crippen LogP contribution is 2.33. The average Bonchev–Trinajstić information content (AvgIpc) is 2.70. The van der Waals surface area contributed by atoms with Gasteiger partial charge in [0.2, 0.25) is 15.8 Å². The van der Waals surface area contributed by atoms with Gasteiger partial charge in [0.1, 0.15) is 11.6 Å². The summed E-state index contributed by atoms with van der Waals surface area (Å²) in [4.78, 5) is 21.4. The molecule has 10 heteroatoms. The topological polar surface area (TPSA) is 116 Å². The van der Waals surface area contributed by atoms with E-state index >= 15 is 0 Å². The maximum Gasteiger partial charge on any atom is 0.293 e. The molecule has 0 bridgehead atoms. The Morgan fingerprint density at radius 3 is 2.50 bits per heavy atom. The number of hydrogen-bond donors (Lipinski definition) is 2. The van der Waals surface area contributed by atoms with Crippen LogP contribution < -0.4 is 10.3 Å². The first-order valence-electron chi connectivity index (χ1n) is 9.94. The number of piperazine rings is 1. The second kappa shape index (κ2) is 8.75. The quantitative estimate of drug-likeness (QED) is 0.707. The van der Waals surface area contributed by atoms with Crippen molar-refractivity contribution in [2.45, 2.75) is 31.6 Å². The maximum absolute atomic E-state index is 13.2. The number of rotatable bonds is 6. The second-order valence-electron chi connectivity index (χ2n) is 7.60. The van der Waals surface area contributed by atoms with Gasteiger partial charge in [0.05, 0.1) is 22.8 Å². The van der Waals surface area contributed by atoms with Crippen LogP contribution in [0.15, 0.2) is 27.9 Å². The summed E-state index contributed by atoms with van der Waals surface area (Å²) in [5.74, 6) is -0.0782. The number of benzene rings is 1. The van der Waals surface area contributed by atoms with E-state index in [0.29, 0.717) is 44.1 Å². The fraction of sp³-hybridized carbons (Fsp3) is 0.500. The lowest BCUT2D eigenvalue weighted by molar-refractivity contribution is 0.222. The molecular formula is C20H28N4O5S. The Kier molecular flexibility index (Phi) is 6.49. The van der Waals surface area contributed by atoms with E-state index in [1.807, 2.05) is 27.8 Å². The van der Waals surface area contributed by atoms with Crippen LogP contribution in [0.1, 0.15) is 32.4 Å². The number of ether oxygens (including phenoxy) is 1. The number of H-pyrrole nitrogens is 1. The lowest BCUT2D eigenvalue weighted by atomic mass is 10.1. The molecule has 3 rings (SSSR count). The number of aromatic amines is 1. The summed E-state index contributed by atoms with van der Waals surface area (Å²) < 4.78 is 33.5. The van der Waals surface area contributed by atoms with Crippen LogP contribution in [0.3, 0.4) is 0 Å². The maximum atomic E-state index is 13.2. The van der Waals surface area contributed by atoms with Gasteiger partial charge in [0.25, 0.3) is 5.56 Å². The first kappa shape index (κ1) is 22.3. The highest BCUT2D eigenvalue weighted by Gasteiger charge is 2.29. The molecule has 0 saturated carbocycles. The largest absolute Gasteiger partial charge is 0.502 e. The molecule has 30 heavy (non-hydrogen) atoms. The first-order valence-corrected chi connectivity index (χ1v) is 11.4. The van der Waals surface area contributed by atoms with E-state index in [9.17, 15) is 18.3 Å². The van der Waals surface area contributed by atoms with Crippen molar-refractivity contribution in [2.75, 3.05) is 39.8 Å². The van der Waals surface area contributed by atoms with Crippen LogP contribution >= 0.6 is 0 Å². The van der Waals surface area contributed by atoms with Gasteiger partial charge in [-0.3, -0.25) is 4.79 Å². The summed E-state index contributed by atoms with van der Waals surface area (Å²) in [5.41, 5.74) is -0.0898. The summed E-state index contributed by atoms with van der Waals surface area (Å²) >= 11 is 0. The molecule has 0 amide bonds. The molecule has 1 aromatic carbocycles. The predicted octanol–water partition coefficient (Wildman–Crippen LogP) is 1.60. The Morgan fingerprint density at radius 2 is 1.90 bits per heavy atom. The third-order valence-electron chi connectivity index (χ3n) is 5.07. The molecule has 2 aromatic rings. The van der Waals surface area contributed by atoms with Gasteiger partial charge in [-0.2, -0.15) is 4.31 Å². The Labute approximate surface area is 176 Å². The van der Waals surface area contributed by atoms with Crippen molar-refractivity contribution in [2.24, 2.45) is 0 Å². The van der Waals surface area contributed by atoms with E-state index < -0.39 is 21.3 Å². The van der Waals surface area contributed by atoms with Crippen LogP contribution in [-0.4, -0.2) is 72.5 Å². The van der Waals surface area contributed by atoms with Crippen molar-refractivity contribution < 1.29 is 18.3 Å². The molecule has 0 radical (unpaired) electrons. The summed E-state index contributed by atoms with van der Waals surface area (Å²) in [6.07, 6.45) is 0. The van der Waals surface area contributed by atoms with Crippen molar-refractivity contribution in [1.29, 1.82) is 0 Å². The number of hydrogen-bond acceptors (Lipinski definition) is 7. The molecule has 1 aliphatic heterocycles. The summed E-state index contributed by atoms with van der Waals surface area (Å²) in [7, 11) is -1.75. The van der Waals surface area contributed by atoms with Gasteiger partial charge in [-0.15, -0.1) is 0 Å². The number of likely N-dealkylation sites (N-methyl/N-ethyl adjacent to an activating group) is 1. The monoisotopic (exact) mass is 436 g/mol. The molecule has 0 atom stereocenters. The molecule has 2 N–H and O–H groups in total.